The highest BCUT2D eigenvalue weighted by Gasteiger charge is 2.21. The second kappa shape index (κ2) is 9.09. The summed E-state index contributed by atoms with van der Waals surface area (Å²) < 4.78 is 5.60. The summed E-state index contributed by atoms with van der Waals surface area (Å²) >= 11 is 0. The van der Waals surface area contributed by atoms with Gasteiger partial charge in [-0.15, -0.1) is 0 Å². The summed E-state index contributed by atoms with van der Waals surface area (Å²) in [7, 11) is 1.86. The van der Waals surface area contributed by atoms with Crippen LogP contribution in [0.1, 0.15) is 37.7 Å². The maximum absolute atomic E-state index is 12.3. The molecule has 2 amide bonds. The zero-order valence-electron chi connectivity index (χ0n) is 15.4. The standard InChI is InChI=1S/C20H31N3O2/c1-22(20(24)21-11-6-14-25-16-17-9-10-17)15-18-7-2-3-8-19(18)23-12-4-5-13-23/h2-3,7-8,17H,4-6,9-16H2,1H3,(H,21,24). The van der Waals surface area contributed by atoms with Crippen LogP contribution in [0.5, 0.6) is 0 Å². The minimum absolute atomic E-state index is 0.0154. The molecule has 138 valence electrons. The van der Waals surface area contributed by atoms with Crippen LogP contribution in [0.2, 0.25) is 0 Å². The van der Waals surface area contributed by atoms with Crippen LogP contribution in [-0.2, 0) is 11.3 Å². The van der Waals surface area contributed by atoms with Crippen molar-refractivity contribution >= 4 is 11.7 Å². The van der Waals surface area contributed by atoms with E-state index in [0.717, 1.165) is 38.6 Å². The number of benzene rings is 1. The van der Waals surface area contributed by atoms with Gasteiger partial charge in [0.1, 0.15) is 0 Å². The number of nitrogens with zero attached hydrogens (tertiary/aromatic N) is 2. The molecule has 5 nitrogen and oxygen atoms in total. The van der Waals surface area contributed by atoms with Gasteiger partial charge in [-0.2, -0.15) is 0 Å². The Kier molecular flexibility index (Phi) is 6.56. The number of amides is 2. The molecule has 1 aliphatic carbocycles. The molecule has 0 atom stereocenters. The van der Waals surface area contributed by atoms with Gasteiger partial charge in [0.15, 0.2) is 0 Å². The second-order valence-electron chi connectivity index (χ2n) is 7.28. The number of urea groups is 1. The molecule has 2 fully saturated rings. The molecule has 0 bridgehead atoms. The van der Waals surface area contributed by atoms with E-state index in [9.17, 15) is 4.79 Å². The van der Waals surface area contributed by atoms with Gasteiger partial charge in [0, 0.05) is 52.1 Å². The number of nitrogens with one attached hydrogen (secondary N) is 1. The van der Waals surface area contributed by atoms with Crippen LogP contribution in [0.25, 0.3) is 0 Å². The number of carbonyl (C=O) groups excluding carboxylic acids is 1. The van der Waals surface area contributed by atoms with Gasteiger partial charge in [-0.05, 0) is 49.7 Å². The number of hydrogen-bond acceptors (Lipinski definition) is 3. The van der Waals surface area contributed by atoms with E-state index in [2.05, 4.69) is 34.5 Å². The first-order valence-corrected chi connectivity index (χ1v) is 9.63. The fraction of sp³-hybridized carbons (Fsp3) is 0.650. The molecule has 1 aromatic rings. The quantitative estimate of drug-likeness (QED) is 0.699. The van der Waals surface area contributed by atoms with Gasteiger partial charge >= 0.3 is 6.03 Å². The van der Waals surface area contributed by atoms with Crippen molar-refractivity contribution in [3.63, 3.8) is 0 Å². The summed E-state index contributed by atoms with van der Waals surface area (Å²) in [5, 5.41) is 2.99. The van der Waals surface area contributed by atoms with Crippen molar-refractivity contribution in [3.05, 3.63) is 29.8 Å². The van der Waals surface area contributed by atoms with Crippen molar-refractivity contribution in [2.75, 3.05) is 44.8 Å². The normalized spacial score (nSPS) is 16.9. The van der Waals surface area contributed by atoms with E-state index in [-0.39, 0.29) is 6.03 Å². The Morgan fingerprint density at radius 2 is 2.04 bits per heavy atom. The first-order chi connectivity index (χ1) is 12.2. The predicted molar refractivity (Wildman–Crippen MR) is 101 cm³/mol. The van der Waals surface area contributed by atoms with E-state index < -0.39 is 0 Å². The predicted octanol–water partition coefficient (Wildman–Crippen LogP) is 3.24. The molecular weight excluding hydrogens is 314 g/mol. The Morgan fingerprint density at radius 3 is 2.80 bits per heavy atom. The highest BCUT2D eigenvalue weighted by atomic mass is 16.5. The van der Waals surface area contributed by atoms with E-state index in [1.807, 2.05) is 7.05 Å². The molecule has 1 saturated carbocycles. The lowest BCUT2D eigenvalue weighted by Crippen LogP contribution is -2.37. The van der Waals surface area contributed by atoms with E-state index in [1.54, 1.807) is 4.90 Å². The Balaban J connectivity index is 1.40. The molecule has 0 spiro atoms. The summed E-state index contributed by atoms with van der Waals surface area (Å²) in [4.78, 5) is 16.5. The van der Waals surface area contributed by atoms with Crippen LogP contribution >= 0.6 is 0 Å². The number of anilines is 1. The van der Waals surface area contributed by atoms with Crippen LogP contribution in [-0.4, -0.2) is 50.8 Å². The SMILES string of the molecule is CN(Cc1ccccc1N1CCCC1)C(=O)NCCCOCC1CC1. The van der Waals surface area contributed by atoms with E-state index in [0.29, 0.717) is 13.1 Å². The van der Waals surface area contributed by atoms with Crippen molar-refractivity contribution in [1.29, 1.82) is 0 Å². The molecular formula is C20H31N3O2. The Bertz CT molecular complexity index is 554. The average molecular weight is 345 g/mol. The Labute approximate surface area is 151 Å². The minimum Gasteiger partial charge on any atom is -0.381 e. The smallest absolute Gasteiger partial charge is 0.317 e. The number of rotatable bonds is 9. The summed E-state index contributed by atoms with van der Waals surface area (Å²) in [6, 6.07) is 8.42. The van der Waals surface area contributed by atoms with Gasteiger partial charge in [-0.1, -0.05) is 18.2 Å². The molecule has 2 aliphatic rings. The molecule has 1 aromatic carbocycles. The molecule has 1 N–H and O–H groups in total. The number of hydrogen-bond donors (Lipinski definition) is 1. The van der Waals surface area contributed by atoms with Crippen molar-refractivity contribution in [2.45, 2.75) is 38.6 Å². The first kappa shape index (κ1) is 18.1. The Morgan fingerprint density at radius 1 is 1.28 bits per heavy atom. The molecule has 1 heterocycles. The highest BCUT2D eigenvalue weighted by molar-refractivity contribution is 5.74. The van der Waals surface area contributed by atoms with Gasteiger partial charge in [0.25, 0.3) is 0 Å². The van der Waals surface area contributed by atoms with Gasteiger partial charge in [0.2, 0.25) is 0 Å². The summed E-state index contributed by atoms with van der Waals surface area (Å²) in [6.45, 7) is 5.17. The summed E-state index contributed by atoms with van der Waals surface area (Å²) in [6.07, 6.45) is 6.03. The van der Waals surface area contributed by atoms with E-state index in [4.69, 9.17) is 4.74 Å². The lowest BCUT2D eigenvalue weighted by molar-refractivity contribution is 0.122. The van der Waals surface area contributed by atoms with Crippen molar-refractivity contribution < 1.29 is 9.53 Å². The third kappa shape index (κ3) is 5.63. The zero-order chi connectivity index (χ0) is 17.5. The van der Waals surface area contributed by atoms with Crippen LogP contribution in [0.4, 0.5) is 10.5 Å². The van der Waals surface area contributed by atoms with Crippen molar-refractivity contribution in [2.24, 2.45) is 5.92 Å². The van der Waals surface area contributed by atoms with E-state index >= 15 is 0 Å². The monoisotopic (exact) mass is 345 g/mol. The van der Waals surface area contributed by atoms with Crippen LogP contribution in [0.15, 0.2) is 24.3 Å². The molecule has 0 radical (unpaired) electrons. The summed E-state index contributed by atoms with van der Waals surface area (Å²) in [5.74, 6) is 0.802. The largest absolute Gasteiger partial charge is 0.381 e. The lowest BCUT2D eigenvalue weighted by atomic mass is 10.1. The zero-order valence-corrected chi connectivity index (χ0v) is 15.4. The fourth-order valence-corrected chi connectivity index (χ4v) is 3.28. The molecule has 5 heteroatoms. The van der Waals surface area contributed by atoms with Crippen LogP contribution < -0.4 is 10.2 Å². The van der Waals surface area contributed by atoms with Crippen LogP contribution in [0.3, 0.4) is 0 Å². The number of ether oxygens (including phenoxy) is 1. The molecule has 1 saturated heterocycles. The molecule has 3 rings (SSSR count). The molecule has 0 unspecified atom stereocenters. The maximum atomic E-state index is 12.3. The Hall–Kier alpha value is -1.75. The van der Waals surface area contributed by atoms with Gasteiger partial charge in [0.05, 0.1) is 0 Å². The third-order valence-electron chi connectivity index (χ3n) is 4.98. The molecule has 0 aromatic heterocycles. The fourth-order valence-electron chi connectivity index (χ4n) is 3.28. The number of para-hydroxylation sites is 1. The topological polar surface area (TPSA) is 44.8 Å². The van der Waals surface area contributed by atoms with Gasteiger partial charge in [-0.25, -0.2) is 4.79 Å². The second-order valence-corrected chi connectivity index (χ2v) is 7.28. The summed E-state index contributed by atoms with van der Waals surface area (Å²) in [5.41, 5.74) is 2.49. The first-order valence-electron chi connectivity index (χ1n) is 9.63. The lowest BCUT2D eigenvalue weighted by Gasteiger charge is -2.24. The number of carbonyl (C=O) groups is 1. The van der Waals surface area contributed by atoms with Gasteiger partial charge in [-0.3, -0.25) is 0 Å². The van der Waals surface area contributed by atoms with Crippen molar-refractivity contribution in [3.8, 4) is 0 Å². The maximum Gasteiger partial charge on any atom is 0.317 e. The molecule has 1 aliphatic heterocycles. The average Bonchev–Trinajstić information content (AvgIpc) is 3.29. The minimum atomic E-state index is -0.0154. The molecule has 25 heavy (non-hydrogen) atoms. The van der Waals surface area contributed by atoms with Crippen molar-refractivity contribution in [1.82, 2.24) is 10.2 Å². The van der Waals surface area contributed by atoms with Gasteiger partial charge < -0.3 is 19.9 Å². The van der Waals surface area contributed by atoms with E-state index in [1.165, 1.54) is 36.9 Å². The highest BCUT2D eigenvalue weighted by Crippen LogP contribution is 2.28. The van der Waals surface area contributed by atoms with Crippen LogP contribution in [0, 0.1) is 5.92 Å². The third-order valence-corrected chi connectivity index (χ3v) is 4.98.